The molecule has 0 aliphatic rings. The quantitative estimate of drug-likeness (QED) is 0.504. The standard InChI is InChI=1S/C21H16F4N2O4S/c1-31-19-10-7-16(26-20(28)13-3-2-4-14(11-13)21(23,24)25)12-18(19)27-32(29,30)17-8-5-15(22)6-9-17/h2-12,27H,1H3,(H,26,28). The lowest BCUT2D eigenvalue weighted by Crippen LogP contribution is -2.16. The highest BCUT2D eigenvalue weighted by molar-refractivity contribution is 7.92. The first-order valence-corrected chi connectivity index (χ1v) is 10.4. The highest BCUT2D eigenvalue weighted by Crippen LogP contribution is 2.31. The van der Waals surface area contributed by atoms with Crippen LogP contribution < -0.4 is 14.8 Å². The Labute approximate surface area is 180 Å². The molecule has 0 fully saturated rings. The van der Waals surface area contributed by atoms with Gasteiger partial charge in [0, 0.05) is 11.3 Å². The van der Waals surface area contributed by atoms with Crippen molar-refractivity contribution in [2.24, 2.45) is 0 Å². The summed E-state index contributed by atoms with van der Waals surface area (Å²) in [7, 11) is -2.82. The molecule has 0 saturated heterocycles. The monoisotopic (exact) mass is 468 g/mol. The molecule has 0 atom stereocenters. The normalized spacial score (nSPS) is 11.7. The molecule has 168 valence electrons. The maximum Gasteiger partial charge on any atom is 0.416 e. The van der Waals surface area contributed by atoms with Gasteiger partial charge in [-0.3, -0.25) is 9.52 Å². The minimum absolute atomic E-state index is 0.0429. The molecule has 6 nitrogen and oxygen atoms in total. The van der Waals surface area contributed by atoms with Gasteiger partial charge in [-0.25, -0.2) is 12.8 Å². The van der Waals surface area contributed by atoms with Crippen molar-refractivity contribution in [1.82, 2.24) is 0 Å². The van der Waals surface area contributed by atoms with E-state index in [0.717, 1.165) is 36.4 Å². The maximum atomic E-state index is 13.1. The van der Waals surface area contributed by atoms with Crippen molar-refractivity contribution in [3.8, 4) is 5.75 Å². The van der Waals surface area contributed by atoms with Gasteiger partial charge in [0.05, 0.1) is 23.3 Å². The van der Waals surface area contributed by atoms with Crippen LogP contribution in [0.1, 0.15) is 15.9 Å². The van der Waals surface area contributed by atoms with Crippen LogP contribution in [0, 0.1) is 5.82 Å². The smallest absolute Gasteiger partial charge is 0.416 e. The second-order valence-electron chi connectivity index (χ2n) is 6.51. The summed E-state index contributed by atoms with van der Waals surface area (Å²) in [4.78, 5) is 12.2. The van der Waals surface area contributed by atoms with Crippen molar-refractivity contribution < 1.29 is 35.5 Å². The minimum Gasteiger partial charge on any atom is -0.495 e. The first-order valence-electron chi connectivity index (χ1n) is 8.94. The van der Waals surface area contributed by atoms with E-state index >= 15 is 0 Å². The Morgan fingerprint density at radius 2 is 1.66 bits per heavy atom. The van der Waals surface area contributed by atoms with Gasteiger partial charge in [-0.05, 0) is 60.7 Å². The van der Waals surface area contributed by atoms with Gasteiger partial charge in [0.15, 0.2) is 0 Å². The molecule has 3 rings (SSSR count). The second-order valence-corrected chi connectivity index (χ2v) is 8.19. The average molecular weight is 468 g/mol. The summed E-state index contributed by atoms with van der Waals surface area (Å²) < 4.78 is 84.3. The number of anilines is 2. The summed E-state index contributed by atoms with van der Waals surface area (Å²) in [6.07, 6.45) is -4.61. The number of hydrogen-bond acceptors (Lipinski definition) is 4. The zero-order valence-corrected chi connectivity index (χ0v) is 17.2. The van der Waals surface area contributed by atoms with E-state index in [4.69, 9.17) is 4.74 Å². The van der Waals surface area contributed by atoms with E-state index in [-0.39, 0.29) is 27.6 Å². The Morgan fingerprint density at radius 3 is 2.28 bits per heavy atom. The van der Waals surface area contributed by atoms with Crippen LogP contribution in [-0.4, -0.2) is 21.4 Å². The van der Waals surface area contributed by atoms with E-state index in [0.29, 0.717) is 6.07 Å². The van der Waals surface area contributed by atoms with Gasteiger partial charge in [0.25, 0.3) is 15.9 Å². The summed E-state index contributed by atoms with van der Waals surface area (Å²) in [5.74, 6) is -1.32. The molecule has 0 aliphatic heterocycles. The summed E-state index contributed by atoms with van der Waals surface area (Å²) in [6.45, 7) is 0. The molecule has 3 aromatic carbocycles. The third-order valence-corrected chi connectivity index (χ3v) is 5.66. The SMILES string of the molecule is COc1ccc(NC(=O)c2cccc(C(F)(F)F)c2)cc1NS(=O)(=O)c1ccc(F)cc1. The first-order chi connectivity index (χ1) is 15.0. The van der Waals surface area contributed by atoms with Crippen LogP contribution in [0.3, 0.4) is 0 Å². The molecule has 0 radical (unpaired) electrons. The molecule has 0 bridgehead atoms. The number of sulfonamides is 1. The van der Waals surface area contributed by atoms with E-state index in [9.17, 15) is 30.8 Å². The Bertz CT molecular complexity index is 1240. The molecule has 0 heterocycles. The lowest BCUT2D eigenvalue weighted by atomic mass is 10.1. The number of halogens is 4. The number of hydrogen-bond donors (Lipinski definition) is 2. The highest BCUT2D eigenvalue weighted by Gasteiger charge is 2.31. The van der Waals surface area contributed by atoms with Crippen LogP contribution in [0.15, 0.2) is 71.6 Å². The van der Waals surface area contributed by atoms with E-state index in [1.54, 1.807) is 0 Å². The summed E-state index contributed by atoms with van der Waals surface area (Å²) in [5, 5.41) is 2.42. The van der Waals surface area contributed by atoms with Crippen molar-refractivity contribution in [2.45, 2.75) is 11.1 Å². The maximum absolute atomic E-state index is 13.1. The molecule has 0 saturated carbocycles. The number of methoxy groups -OCH3 is 1. The van der Waals surface area contributed by atoms with Crippen molar-refractivity contribution in [3.05, 3.63) is 83.7 Å². The zero-order chi connectivity index (χ0) is 23.5. The van der Waals surface area contributed by atoms with Crippen LogP contribution in [0.5, 0.6) is 5.75 Å². The van der Waals surface area contributed by atoms with Crippen molar-refractivity contribution >= 4 is 27.3 Å². The largest absolute Gasteiger partial charge is 0.495 e. The first kappa shape index (κ1) is 23.1. The third-order valence-electron chi connectivity index (χ3n) is 4.28. The second kappa shape index (κ2) is 8.87. The molecule has 11 heteroatoms. The van der Waals surface area contributed by atoms with Gasteiger partial charge in [-0.2, -0.15) is 13.2 Å². The number of carbonyl (C=O) groups excluding carboxylic acids is 1. The summed E-state index contributed by atoms with van der Waals surface area (Å²) in [6, 6.07) is 12.0. The molecular formula is C21H16F4N2O4S. The predicted octanol–water partition coefficient (Wildman–Crippen LogP) is 4.91. The number of nitrogens with one attached hydrogen (secondary N) is 2. The Morgan fingerprint density at radius 1 is 0.969 bits per heavy atom. The number of ether oxygens (including phenoxy) is 1. The minimum atomic E-state index is -4.61. The van der Waals surface area contributed by atoms with E-state index in [1.165, 1.54) is 31.4 Å². The Hall–Kier alpha value is -3.60. The van der Waals surface area contributed by atoms with E-state index in [2.05, 4.69) is 10.0 Å². The lowest BCUT2D eigenvalue weighted by molar-refractivity contribution is -0.137. The molecule has 32 heavy (non-hydrogen) atoms. The number of carbonyl (C=O) groups is 1. The summed E-state index contributed by atoms with van der Waals surface area (Å²) in [5.41, 5.74) is -1.15. The molecule has 0 aliphatic carbocycles. The van der Waals surface area contributed by atoms with Crippen molar-refractivity contribution in [1.29, 1.82) is 0 Å². The van der Waals surface area contributed by atoms with Crippen LogP contribution in [0.25, 0.3) is 0 Å². The lowest BCUT2D eigenvalue weighted by Gasteiger charge is -2.14. The van der Waals surface area contributed by atoms with Gasteiger partial charge in [-0.15, -0.1) is 0 Å². The molecule has 1 amide bonds. The molecule has 0 aromatic heterocycles. The van der Waals surface area contributed by atoms with Gasteiger partial charge < -0.3 is 10.1 Å². The molecule has 3 aromatic rings. The van der Waals surface area contributed by atoms with Crippen molar-refractivity contribution in [3.63, 3.8) is 0 Å². The summed E-state index contributed by atoms with van der Waals surface area (Å²) >= 11 is 0. The van der Waals surface area contributed by atoms with Crippen LogP contribution in [0.4, 0.5) is 28.9 Å². The van der Waals surface area contributed by atoms with Gasteiger partial charge in [0.1, 0.15) is 11.6 Å². The van der Waals surface area contributed by atoms with Crippen molar-refractivity contribution in [2.75, 3.05) is 17.1 Å². The van der Waals surface area contributed by atoms with E-state index in [1.807, 2.05) is 0 Å². The number of amides is 1. The fraction of sp³-hybridized carbons (Fsp3) is 0.0952. The molecule has 0 spiro atoms. The van der Waals surface area contributed by atoms with Gasteiger partial charge in [-0.1, -0.05) is 6.07 Å². The highest BCUT2D eigenvalue weighted by atomic mass is 32.2. The fourth-order valence-electron chi connectivity index (χ4n) is 2.72. The van der Waals surface area contributed by atoms with Gasteiger partial charge >= 0.3 is 6.18 Å². The topological polar surface area (TPSA) is 84.5 Å². The van der Waals surface area contributed by atoms with E-state index < -0.39 is 33.5 Å². The van der Waals surface area contributed by atoms with Crippen LogP contribution >= 0.6 is 0 Å². The fourth-order valence-corrected chi connectivity index (χ4v) is 3.78. The Kier molecular flexibility index (Phi) is 6.40. The zero-order valence-electron chi connectivity index (χ0n) is 16.4. The molecule has 2 N–H and O–H groups in total. The van der Waals surface area contributed by atoms with Crippen LogP contribution in [-0.2, 0) is 16.2 Å². The third kappa shape index (κ3) is 5.35. The number of alkyl halides is 3. The average Bonchev–Trinajstić information content (AvgIpc) is 2.73. The van der Waals surface area contributed by atoms with Gasteiger partial charge in [0.2, 0.25) is 0 Å². The predicted molar refractivity (Wildman–Crippen MR) is 110 cm³/mol. The molecular weight excluding hydrogens is 452 g/mol. The Balaban J connectivity index is 1.86. The molecule has 0 unspecified atom stereocenters. The number of benzene rings is 3. The number of rotatable bonds is 6. The van der Waals surface area contributed by atoms with Crippen LogP contribution in [0.2, 0.25) is 0 Å².